The van der Waals surface area contributed by atoms with E-state index in [0.717, 1.165) is 17.3 Å². The topological polar surface area (TPSA) is 3.24 Å². The molecule has 1 aliphatic rings. The number of halogens is 1. The van der Waals surface area contributed by atoms with E-state index >= 15 is 0 Å². The molecular formula is C9H18BrN. The molecule has 0 aromatic rings. The van der Waals surface area contributed by atoms with Crippen molar-refractivity contribution in [2.24, 2.45) is 5.92 Å². The number of hydrogen-bond donors (Lipinski definition) is 0. The molecule has 0 aliphatic heterocycles. The normalized spacial score (nSPS) is 20.7. The zero-order valence-corrected chi connectivity index (χ0v) is 9.10. The first-order valence-electron chi connectivity index (χ1n) is 4.58. The highest BCUT2D eigenvalue weighted by Crippen LogP contribution is 2.27. The van der Waals surface area contributed by atoms with Crippen LogP contribution in [0.3, 0.4) is 0 Å². The fourth-order valence-corrected chi connectivity index (χ4v) is 1.63. The van der Waals surface area contributed by atoms with Crippen molar-refractivity contribution < 1.29 is 0 Å². The average molecular weight is 220 g/mol. The lowest BCUT2D eigenvalue weighted by atomic mass is 10.2. The highest BCUT2D eigenvalue weighted by Gasteiger charge is 2.28. The molecule has 1 unspecified atom stereocenters. The molecule has 0 aromatic heterocycles. The lowest BCUT2D eigenvalue weighted by Gasteiger charge is -2.22. The fourth-order valence-electron chi connectivity index (χ4n) is 1.43. The lowest BCUT2D eigenvalue weighted by Crippen LogP contribution is -2.30. The van der Waals surface area contributed by atoms with Crippen LogP contribution in [0.5, 0.6) is 0 Å². The number of alkyl halides is 1. The molecule has 2 heteroatoms. The van der Waals surface area contributed by atoms with Crippen molar-refractivity contribution in [3.05, 3.63) is 0 Å². The molecular weight excluding hydrogens is 202 g/mol. The molecule has 1 aliphatic carbocycles. The number of nitrogens with zero attached hydrogens (tertiary/aromatic N) is 1. The van der Waals surface area contributed by atoms with Crippen LogP contribution in [-0.4, -0.2) is 29.4 Å². The average Bonchev–Trinajstić information content (AvgIpc) is 2.82. The predicted molar refractivity (Wildman–Crippen MR) is 53.2 cm³/mol. The van der Waals surface area contributed by atoms with Gasteiger partial charge in [-0.1, -0.05) is 29.8 Å². The van der Waals surface area contributed by atoms with Gasteiger partial charge in [0.05, 0.1) is 0 Å². The minimum atomic E-state index is 0.801. The summed E-state index contributed by atoms with van der Waals surface area (Å²) in [7, 11) is 0. The molecule has 0 saturated heterocycles. The highest BCUT2D eigenvalue weighted by molar-refractivity contribution is 9.09. The maximum absolute atomic E-state index is 3.52. The van der Waals surface area contributed by atoms with Crippen molar-refractivity contribution in [2.75, 3.05) is 18.4 Å². The standard InChI is InChI=1S/C9H18BrN/c1-3-11(9-4-5-9)7-8(2)6-10/h8-9H,3-7H2,1-2H3. The van der Waals surface area contributed by atoms with Gasteiger partial charge in [-0.3, -0.25) is 0 Å². The summed E-state index contributed by atoms with van der Waals surface area (Å²) < 4.78 is 0. The van der Waals surface area contributed by atoms with Crippen molar-refractivity contribution in [3.8, 4) is 0 Å². The van der Waals surface area contributed by atoms with Gasteiger partial charge >= 0.3 is 0 Å². The summed E-state index contributed by atoms with van der Waals surface area (Å²) in [5.41, 5.74) is 0. The van der Waals surface area contributed by atoms with Gasteiger partial charge in [0.15, 0.2) is 0 Å². The van der Waals surface area contributed by atoms with E-state index in [1.165, 1.54) is 25.9 Å². The maximum atomic E-state index is 3.52. The molecule has 0 amide bonds. The Morgan fingerprint density at radius 2 is 2.18 bits per heavy atom. The quantitative estimate of drug-likeness (QED) is 0.643. The highest BCUT2D eigenvalue weighted by atomic mass is 79.9. The summed E-state index contributed by atoms with van der Waals surface area (Å²) in [6.07, 6.45) is 2.87. The van der Waals surface area contributed by atoms with Gasteiger partial charge in [-0.15, -0.1) is 0 Å². The zero-order valence-electron chi connectivity index (χ0n) is 7.52. The van der Waals surface area contributed by atoms with E-state index in [4.69, 9.17) is 0 Å². The minimum absolute atomic E-state index is 0.801. The van der Waals surface area contributed by atoms with E-state index in [1.54, 1.807) is 0 Å². The van der Waals surface area contributed by atoms with E-state index in [9.17, 15) is 0 Å². The van der Waals surface area contributed by atoms with Gasteiger partial charge in [0.2, 0.25) is 0 Å². The van der Waals surface area contributed by atoms with Crippen molar-refractivity contribution in [1.82, 2.24) is 4.90 Å². The maximum Gasteiger partial charge on any atom is 0.00964 e. The van der Waals surface area contributed by atoms with Gasteiger partial charge in [-0.25, -0.2) is 0 Å². The second kappa shape index (κ2) is 4.46. The monoisotopic (exact) mass is 219 g/mol. The van der Waals surface area contributed by atoms with Crippen molar-refractivity contribution in [1.29, 1.82) is 0 Å². The van der Waals surface area contributed by atoms with Crippen LogP contribution in [0.15, 0.2) is 0 Å². The van der Waals surface area contributed by atoms with Crippen LogP contribution < -0.4 is 0 Å². The van der Waals surface area contributed by atoms with Gasteiger partial charge in [0.1, 0.15) is 0 Å². The Hall–Kier alpha value is 0.440. The molecule has 1 saturated carbocycles. The first kappa shape index (κ1) is 9.53. The Morgan fingerprint density at radius 1 is 1.55 bits per heavy atom. The van der Waals surface area contributed by atoms with Crippen LogP contribution in [0.1, 0.15) is 26.7 Å². The van der Waals surface area contributed by atoms with Gasteiger partial charge in [0.25, 0.3) is 0 Å². The molecule has 0 N–H and O–H groups in total. The molecule has 0 heterocycles. The molecule has 1 fully saturated rings. The Balaban J connectivity index is 2.19. The molecule has 1 rings (SSSR count). The lowest BCUT2D eigenvalue weighted by molar-refractivity contribution is 0.249. The Bertz CT molecular complexity index is 112. The summed E-state index contributed by atoms with van der Waals surface area (Å²) >= 11 is 3.52. The van der Waals surface area contributed by atoms with E-state index in [-0.39, 0.29) is 0 Å². The molecule has 0 radical (unpaired) electrons. The van der Waals surface area contributed by atoms with Crippen LogP contribution >= 0.6 is 15.9 Å². The summed E-state index contributed by atoms with van der Waals surface area (Å²) in [6.45, 7) is 7.06. The van der Waals surface area contributed by atoms with Gasteiger partial charge in [0, 0.05) is 17.9 Å². The summed E-state index contributed by atoms with van der Waals surface area (Å²) in [6, 6.07) is 0.932. The summed E-state index contributed by atoms with van der Waals surface area (Å²) in [5, 5.41) is 1.14. The molecule has 1 nitrogen and oxygen atoms in total. The van der Waals surface area contributed by atoms with Crippen molar-refractivity contribution in [2.45, 2.75) is 32.7 Å². The van der Waals surface area contributed by atoms with Crippen molar-refractivity contribution in [3.63, 3.8) is 0 Å². The second-order valence-electron chi connectivity index (χ2n) is 3.58. The van der Waals surface area contributed by atoms with Crippen LogP contribution in [0.2, 0.25) is 0 Å². The third-order valence-electron chi connectivity index (χ3n) is 2.28. The van der Waals surface area contributed by atoms with E-state index < -0.39 is 0 Å². The largest absolute Gasteiger partial charge is 0.300 e. The first-order valence-corrected chi connectivity index (χ1v) is 5.70. The van der Waals surface area contributed by atoms with Crippen LogP contribution in [-0.2, 0) is 0 Å². The smallest absolute Gasteiger partial charge is 0.00964 e. The number of rotatable bonds is 5. The summed E-state index contributed by atoms with van der Waals surface area (Å²) in [4.78, 5) is 2.60. The second-order valence-corrected chi connectivity index (χ2v) is 4.23. The van der Waals surface area contributed by atoms with Gasteiger partial charge in [-0.05, 0) is 25.3 Å². The Kier molecular flexibility index (Phi) is 3.86. The van der Waals surface area contributed by atoms with Gasteiger partial charge in [-0.2, -0.15) is 0 Å². The first-order chi connectivity index (χ1) is 5.27. The van der Waals surface area contributed by atoms with E-state index in [0.29, 0.717) is 0 Å². The molecule has 11 heavy (non-hydrogen) atoms. The third kappa shape index (κ3) is 3.12. The number of hydrogen-bond acceptors (Lipinski definition) is 1. The molecule has 1 atom stereocenters. The predicted octanol–water partition coefficient (Wildman–Crippen LogP) is 2.50. The third-order valence-corrected chi connectivity index (χ3v) is 3.38. The summed E-state index contributed by atoms with van der Waals surface area (Å²) in [5.74, 6) is 0.801. The molecule has 0 bridgehead atoms. The van der Waals surface area contributed by atoms with Crippen LogP contribution in [0.4, 0.5) is 0 Å². The molecule has 0 aromatic carbocycles. The van der Waals surface area contributed by atoms with E-state index in [1.807, 2.05) is 0 Å². The van der Waals surface area contributed by atoms with E-state index in [2.05, 4.69) is 34.7 Å². The Labute approximate surface area is 78.3 Å². The zero-order chi connectivity index (χ0) is 8.27. The Morgan fingerprint density at radius 3 is 2.55 bits per heavy atom. The minimum Gasteiger partial charge on any atom is -0.300 e. The van der Waals surface area contributed by atoms with Gasteiger partial charge < -0.3 is 4.90 Å². The molecule has 0 spiro atoms. The van der Waals surface area contributed by atoms with Crippen LogP contribution in [0.25, 0.3) is 0 Å². The molecule has 66 valence electrons. The fraction of sp³-hybridized carbons (Fsp3) is 1.00. The SMILES string of the molecule is CCN(CC(C)CBr)C1CC1. The van der Waals surface area contributed by atoms with Crippen molar-refractivity contribution >= 4 is 15.9 Å². The van der Waals surface area contributed by atoms with Crippen LogP contribution in [0, 0.1) is 5.92 Å².